The quantitative estimate of drug-likeness (QED) is 0.807. The first-order valence-electron chi connectivity index (χ1n) is 9.06. The number of rotatable bonds is 4. The lowest BCUT2D eigenvalue weighted by molar-refractivity contribution is -0.138. The Balaban J connectivity index is 1.86. The number of carboxylic acid groups (broad SMARTS) is 1. The van der Waals surface area contributed by atoms with E-state index in [9.17, 15) is 9.59 Å². The van der Waals surface area contributed by atoms with Crippen molar-refractivity contribution in [2.24, 2.45) is 10.2 Å². The molecule has 7 heteroatoms. The van der Waals surface area contributed by atoms with E-state index in [-0.39, 0.29) is 12.3 Å². The zero-order chi connectivity index (χ0) is 18.4. The Labute approximate surface area is 157 Å². The molecule has 1 aliphatic heterocycles. The van der Waals surface area contributed by atoms with Gasteiger partial charge in [-0.05, 0) is 37.8 Å². The first kappa shape index (κ1) is 18.6. The minimum atomic E-state index is -0.989. The maximum absolute atomic E-state index is 12.7. The van der Waals surface area contributed by atoms with Crippen LogP contribution in [0.4, 0.5) is 5.69 Å². The highest BCUT2D eigenvalue weighted by atomic mass is 32.2. The molecule has 1 amide bonds. The van der Waals surface area contributed by atoms with Crippen molar-refractivity contribution in [1.29, 1.82) is 0 Å². The van der Waals surface area contributed by atoms with Crippen LogP contribution in [-0.4, -0.2) is 33.1 Å². The Hall–Kier alpha value is -2.15. The molecule has 2 fully saturated rings. The molecule has 2 aliphatic rings. The molecule has 1 aliphatic carbocycles. The Morgan fingerprint density at radius 3 is 2.38 bits per heavy atom. The third-order valence-corrected chi connectivity index (χ3v) is 5.64. The summed E-state index contributed by atoms with van der Waals surface area (Å²) < 4.78 is 0. The number of amidine groups is 1. The standard InChI is InChI=1S/C19H23N3O3S/c23-17(24)13-16-18(25)22(15-11-7-4-8-12-15)19(26-16)21-20-14-9-5-2-1-3-6-10-14/h4,7-8,11-12,16H,1-3,5-6,9-10,13H2,(H,23,24)/b21-19+/t16-/m0/s1. The Kier molecular flexibility index (Phi) is 6.44. The number of amides is 1. The molecule has 0 spiro atoms. The molecule has 26 heavy (non-hydrogen) atoms. The number of thioether (sulfide) groups is 1. The number of carbonyl (C=O) groups excluding carboxylic acids is 1. The summed E-state index contributed by atoms with van der Waals surface area (Å²) >= 11 is 1.19. The van der Waals surface area contributed by atoms with Crippen LogP contribution in [0.25, 0.3) is 0 Å². The second-order valence-electron chi connectivity index (χ2n) is 6.53. The summed E-state index contributed by atoms with van der Waals surface area (Å²) in [5, 5.41) is 17.7. The van der Waals surface area contributed by atoms with E-state index < -0.39 is 11.2 Å². The van der Waals surface area contributed by atoms with Gasteiger partial charge in [0.1, 0.15) is 5.25 Å². The summed E-state index contributed by atoms with van der Waals surface area (Å²) in [7, 11) is 0. The average Bonchev–Trinajstić information content (AvgIpc) is 2.90. The van der Waals surface area contributed by atoms with Crippen LogP contribution < -0.4 is 4.90 Å². The zero-order valence-electron chi connectivity index (χ0n) is 14.6. The van der Waals surface area contributed by atoms with E-state index in [4.69, 9.17) is 5.11 Å². The molecule has 1 heterocycles. The third-order valence-electron chi connectivity index (χ3n) is 4.52. The maximum Gasteiger partial charge on any atom is 0.305 e. The van der Waals surface area contributed by atoms with Gasteiger partial charge in [0.2, 0.25) is 5.91 Å². The molecular formula is C19H23N3O3S. The van der Waals surface area contributed by atoms with Gasteiger partial charge in [-0.3, -0.25) is 14.5 Å². The van der Waals surface area contributed by atoms with Gasteiger partial charge in [-0.25, -0.2) is 0 Å². The zero-order valence-corrected chi connectivity index (χ0v) is 15.5. The fourth-order valence-corrected chi connectivity index (χ4v) is 4.24. The molecular weight excluding hydrogens is 350 g/mol. The summed E-state index contributed by atoms with van der Waals surface area (Å²) in [4.78, 5) is 25.3. The molecule has 0 unspecified atom stereocenters. The molecule has 0 bridgehead atoms. The van der Waals surface area contributed by atoms with Gasteiger partial charge in [0, 0.05) is 5.71 Å². The summed E-state index contributed by atoms with van der Waals surface area (Å²) in [5.74, 6) is -1.24. The second-order valence-corrected chi connectivity index (χ2v) is 7.70. The Morgan fingerprint density at radius 1 is 1.08 bits per heavy atom. The highest BCUT2D eigenvalue weighted by molar-refractivity contribution is 8.16. The minimum absolute atomic E-state index is 0.220. The molecule has 1 aromatic carbocycles. The van der Waals surface area contributed by atoms with Crippen LogP contribution in [0.3, 0.4) is 0 Å². The number of hydrogen-bond acceptors (Lipinski definition) is 5. The van der Waals surface area contributed by atoms with Crippen LogP contribution >= 0.6 is 11.8 Å². The SMILES string of the molecule is O=C(O)C[C@@H]1S/C(=N/N=C2CCCCCCC2)N(c2ccccc2)C1=O. The van der Waals surface area contributed by atoms with Crippen LogP contribution in [0.2, 0.25) is 0 Å². The first-order chi connectivity index (χ1) is 12.6. The van der Waals surface area contributed by atoms with Gasteiger partial charge in [-0.15, -0.1) is 5.10 Å². The molecule has 6 nitrogen and oxygen atoms in total. The smallest absolute Gasteiger partial charge is 0.305 e. The van der Waals surface area contributed by atoms with Gasteiger partial charge in [0.15, 0.2) is 5.17 Å². The fourth-order valence-electron chi connectivity index (χ4n) is 3.17. The molecule has 0 radical (unpaired) electrons. The summed E-state index contributed by atoms with van der Waals surface area (Å²) in [5.41, 5.74) is 1.76. The summed E-state index contributed by atoms with van der Waals surface area (Å²) in [6.07, 6.45) is 7.64. The van der Waals surface area contributed by atoms with E-state index in [1.165, 1.54) is 35.9 Å². The molecule has 1 saturated heterocycles. The van der Waals surface area contributed by atoms with Crippen LogP contribution in [0.1, 0.15) is 51.4 Å². The fraction of sp³-hybridized carbons (Fsp3) is 0.474. The van der Waals surface area contributed by atoms with Crippen molar-refractivity contribution in [3.8, 4) is 0 Å². The van der Waals surface area contributed by atoms with E-state index in [0.717, 1.165) is 31.4 Å². The van der Waals surface area contributed by atoms with Crippen molar-refractivity contribution in [2.75, 3.05) is 4.90 Å². The van der Waals surface area contributed by atoms with Crippen molar-refractivity contribution in [3.63, 3.8) is 0 Å². The van der Waals surface area contributed by atoms with Crippen molar-refractivity contribution < 1.29 is 14.7 Å². The van der Waals surface area contributed by atoms with Crippen molar-refractivity contribution in [2.45, 2.75) is 56.6 Å². The first-order valence-corrected chi connectivity index (χ1v) is 9.94. The molecule has 0 aromatic heterocycles. The largest absolute Gasteiger partial charge is 0.481 e. The van der Waals surface area contributed by atoms with Gasteiger partial charge in [-0.1, -0.05) is 49.2 Å². The lowest BCUT2D eigenvalue weighted by Gasteiger charge is -2.15. The second kappa shape index (κ2) is 8.98. The predicted octanol–water partition coefficient (Wildman–Crippen LogP) is 4.07. The number of para-hydroxylation sites is 1. The van der Waals surface area contributed by atoms with Crippen molar-refractivity contribution >= 4 is 40.2 Å². The summed E-state index contributed by atoms with van der Waals surface area (Å²) in [6.45, 7) is 0. The number of carbonyl (C=O) groups is 2. The summed E-state index contributed by atoms with van der Waals surface area (Å²) in [6, 6.07) is 9.20. The van der Waals surface area contributed by atoms with Crippen LogP contribution in [0.5, 0.6) is 0 Å². The van der Waals surface area contributed by atoms with Gasteiger partial charge in [0.05, 0.1) is 12.1 Å². The monoisotopic (exact) mass is 373 g/mol. The predicted molar refractivity (Wildman–Crippen MR) is 105 cm³/mol. The van der Waals surface area contributed by atoms with Crippen LogP contribution in [-0.2, 0) is 9.59 Å². The van der Waals surface area contributed by atoms with E-state index >= 15 is 0 Å². The molecule has 1 atom stereocenters. The van der Waals surface area contributed by atoms with Gasteiger partial charge in [-0.2, -0.15) is 5.10 Å². The van der Waals surface area contributed by atoms with E-state index in [0.29, 0.717) is 10.9 Å². The van der Waals surface area contributed by atoms with Gasteiger partial charge in [0.25, 0.3) is 0 Å². The third kappa shape index (κ3) is 4.72. The molecule has 1 saturated carbocycles. The van der Waals surface area contributed by atoms with Crippen LogP contribution in [0, 0.1) is 0 Å². The number of aliphatic carboxylic acids is 1. The topological polar surface area (TPSA) is 82.3 Å². The van der Waals surface area contributed by atoms with Gasteiger partial charge >= 0.3 is 5.97 Å². The maximum atomic E-state index is 12.7. The minimum Gasteiger partial charge on any atom is -0.481 e. The molecule has 138 valence electrons. The number of benzene rings is 1. The Bertz CT molecular complexity index is 708. The molecule has 3 rings (SSSR count). The van der Waals surface area contributed by atoms with E-state index in [2.05, 4.69) is 10.2 Å². The highest BCUT2D eigenvalue weighted by Crippen LogP contribution is 2.33. The number of hydrogen-bond donors (Lipinski definition) is 1. The van der Waals surface area contributed by atoms with Crippen molar-refractivity contribution in [1.82, 2.24) is 0 Å². The molecule has 1 aromatic rings. The normalized spacial score (nSPS) is 23.0. The molecule has 1 N–H and O–H groups in total. The van der Waals surface area contributed by atoms with Crippen LogP contribution in [0.15, 0.2) is 40.5 Å². The number of nitrogens with zero attached hydrogens (tertiary/aromatic N) is 3. The highest BCUT2D eigenvalue weighted by Gasteiger charge is 2.40. The average molecular weight is 373 g/mol. The number of carboxylic acids is 1. The van der Waals surface area contributed by atoms with E-state index in [1.54, 1.807) is 0 Å². The lowest BCUT2D eigenvalue weighted by Crippen LogP contribution is -2.32. The lowest BCUT2D eigenvalue weighted by atomic mass is 9.99. The van der Waals surface area contributed by atoms with E-state index in [1.807, 2.05) is 30.3 Å². The Morgan fingerprint density at radius 2 is 1.73 bits per heavy atom. The number of anilines is 1. The van der Waals surface area contributed by atoms with Gasteiger partial charge < -0.3 is 5.11 Å². The van der Waals surface area contributed by atoms with Crippen molar-refractivity contribution in [3.05, 3.63) is 30.3 Å².